The molecule has 1 aromatic rings. The van der Waals surface area contributed by atoms with Gasteiger partial charge in [0.05, 0.1) is 0 Å². The molecule has 3 N–H and O–H groups in total. The van der Waals surface area contributed by atoms with Gasteiger partial charge >= 0.3 is 0 Å². The van der Waals surface area contributed by atoms with E-state index in [1.807, 2.05) is 6.92 Å². The molecule has 1 atom stereocenters. The predicted molar refractivity (Wildman–Crippen MR) is 70.8 cm³/mol. The second-order valence-corrected chi connectivity index (χ2v) is 4.54. The first-order valence-electron chi connectivity index (χ1n) is 6.17. The smallest absolute Gasteiger partial charge is 0.220 e. The van der Waals surface area contributed by atoms with Gasteiger partial charge in [0.2, 0.25) is 5.91 Å². The van der Waals surface area contributed by atoms with Crippen molar-refractivity contribution in [2.45, 2.75) is 39.2 Å². The van der Waals surface area contributed by atoms with Crippen LogP contribution in [0.15, 0.2) is 24.3 Å². The van der Waals surface area contributed by atoms with Gasteiger partial charge in [-0.1, -0.05) is 29.8 Å². The number of rotatable bonds is 6. The number of nitrogens with two attached hydrogens (primary N) is 1. The quantitative estimate of drug-likeness (QED) is 0.788. The third kappa shape index (κ3) is 5.50. The van der Waals surface area contributed by atoms with Crippen molar-refractivity contribution >= 4 is 5.91 Å². The maximum atomic E-state index is 11.5. The molecule has 0 heterocycles. The highest BCUT2D eigenvalue weighted by Crippen LogP contribution is 2.07. The molecule has 0 saturated carbocycles. The lowest BCUT2D eigenvalue weighted by atomic mass is 10.1. The second-order valence-electron chi connectivity index (χ2n) is 4.54. The van der Waals surface area contributed by atoms with Crippen LogP contribution >= 0.6 is 0 Å². The maximum absolute atomic E-state index is 11.5. The first-order valence-corrected chi connectivity index (χ1v) is 6.17. The van der Waals surface area contributed by atoms with Crippen molar-refractivity contribution in [3.63, 3.8) is 0 Å². The SMILES string of the molecule is Cc1ccc(CCCC(=O)N[C@@H](C)CN)cc1. The van der Waals surface area contributed by atoms with Gasteiger partial charge < -0.3 is 11.1 Å². The molecule has 0 radical (unpaired) electrons. The molecule has 0 unspecified atom stereocenters. The molecule has 17 heavy (non-hydrogen) atoms. The van der Waals surface area contributed by atoms with Crippen LogP contribution in [-0.2, 0) is 11.2 Å². The minimum absolute atomic E-state index is 0.0712. The molecule has 0 aromatic heterocycles. The molecule has 94 valence electrons. The highest BCUT2D eigenvalue weighted by molar-refractivity contribution is 5.76. The fourth-order valence-corrected chi connectivity index (χ4v) is 1.61. The number of benzene rings is 1. The van der Waals surface area contributed by atoms with Crippen molar-refractivity contribution < 1.29 is 4.79 Å². The Hall–Kier alpha value is -1.35. The molecule has 1 amide bonds. The highest BCUT2D eigenvalue weighted by Gasteiger charge is 2.05. The molecular weight excluding hydrogens is 212 g/mol. The van der Waals surface area contributed by atoms with Crippen LogP contribution in [0, 0.1) is 6.92 Å². The third-order valence-electron chi connectivity index (χ3n) is 2.75. The van der Waals surface area contributed by atoms with Gasteiger partial charge in [-0.15, -0.1) is 0 Å². The summed E-state index contributed by atoms with van der Waals surface area (Å²) in [4.78, 5) is 11.5. The summed E-state index contributed by atoms with van der Waals surface area (Å²) in [5.74, 6) is 0.0926. The van der Waals surface area contributed by atoms with Crippen LogP contribution in [0.4, 0.5) is 0 Å². The monoisotopic (exact) mass is 234 g/mol. The largest absolute Gasteiger partial charge is 0.352 e. The topological polar surface area (TPSA) is 55.1 Å². The summed E-state index contributed by atoms with van der Waals surface area (Å²) in [7, 11) is 0. The first kappa shape index (κ1) is 13.7. The van der Waals surface area contributed by atoms with E-state index in [2.05, 4.69) is 36.5 Å². The Bertz CT molecular complexity index is 346. The lowest BCUT2D eigenvalue weighted by molar-refractivity contribution is -0.121. The lowest BCUT2D eigenvalue weighted by Gasteiger charge is -2.10. The van der Waals surface area contributed by atoms with Gasteiger partial charge in [-0.25, -0.2) is 0 Å². The van der Waals surface area contributed by atoms with E-state index >= 15 is 0 Å². The molecule has 0 saturated heterocycles. The Labute approximate surface area is 103 Å². The van der Waals surface area contributed by atoms with Crippen LogP contribution in [0.5, 0.6) is 0 Å². The van der Waals surface area contributed by atoms with E-state index in [1.54, 1.807) is 0 Å². The van der Waals surface area contributed by atoms with E-state index in [0.29, 0.717) is 13.0 Å². The Balaban J connectivity index is 2.23. The number of hydrogen-bond acceptors (Lipinski definition) is 2. The molecule has 1 rings (SSSR count). The van der Waals surface area contributed by atoms with E-state index in [0.717, 1.165) is 12.8 Å². The van der Waals surface area contributed by atoms with Crippen molar-refractivity contribution in [1.82, 2.24) is 5.32 Å². The van der Waals surface area contributed by atoms with E-state index in [1.165, 1.54) is 11.1 Å². The number of nitrogens with one attached hydrogen (secondary N) is 1. The van der Waals surface area contributed by atoms with Crippen LogP contribution in [0.2, 0.25) is 0 Å². The molecule has 1 aromatic carbocycles. The molecule has 0 aliphatic rings. The summed E-state index contributed by atoms with van der Waals surface area (Å²) in [6.07, 6.45) is 2.40. The van der Waals surface area contributed by atoms with E-state index < -0.39 is 0 Å². The van der Waals surface area contributed by atoms with Crippen molar-refractivity contribution in [3.05, 3.63) is 35.4 Å². The van der Waals surface area contributed by atoms with E-state index in [9.17, 15) is 4.79 Å². The molecule has 0 aliphatic heterocycles. The Kier molecular flexibility index (Phi) is 5.70. The Morgan fingerprint density at radius 2 is 2.00 bits per heavy atom. The molecule has 0 spiro atoms. The van der Waals surface area contributed by atoms with Gasteiger partial charge in [0, 0.05) is 19.0 Å². The van der Waals surface area contributed by atoms with Crippen molar-refractivity contribution in [2.24, 2.45) is 5.73 Å². The Morgan fingerprint density at radius 1 is 1.35 bits per heavy atom. The summed E-state index contributed by atoms with van der Waals surface area (Å²) < 4.78 is 0. The minimum Gasteiger partial charge on any atom is -0.352 e. The second kappa shape index (κ2) is 7.07. The van der Waals surface area contributed by atoms with Gasteiger partial charge in [0.25, 0.3) is 0 Å². The summed E-state index contributed by atoms with van der Waals surface area (Å²) in [6, 6.07) is 8.52. The average molecular weight is 234 g/mol. The van der Waals surface area contributed by atoms with Gasteiger partial charge in [0.1, 0.15) is 0 Å². The zero-order valence-corrected chi connectivity index (χ0v) is 10.7. The Morgan fingerprint density at radius 3 is 2.59 bits per heavy atom. The standard InChI is InChI=1S/C14H22N2O/c1-11-6-8-13(9-7-11)4-3-5-14(17)16-12(2)10-15/h6-9,12H,3-5,10,15H2,1-2H3,(H,16,17)/t12-/m0/s1. The summed E-state index contributed by atoms with van der Waals surface area (Å²) >= 11 is 0. The first-order chi connectivity index (χ1) is 8.11. The molecule has 3 nitrogen and oxygen atoms in total. The number of carbonyl (C=O) groups is 1. The van der Waals surface area contributed by atoms with Crippen molar-refractivity contribution in [1.29, 1.82) is 0 Å². The number of hydrogen-bond donors (Lipinski definition) is 2. The predicted octanol–water partition coefficient (Wildman–Crippen LogP) is 1.78. The molecular formula is C14H22N2O. The van der Waals surface area contributed by atoms with Gasteiger partial charge in [-0.3, -0.25) is 4.79 Å². The zero-order chi connectivity index (χ0) is 12.7. The van der Waals surface area contributed by atoms with Crippen LogP contribution in [0.3, 0.4) is 0 Å². The third-order valence-corrected chi connectivity index (χ3v) is 2.75. The van der Waals surface area contributed by atoms with Crippen LogP contribution < -0.4 is 11.1 Å². The molecule has 0 aliphatic carbocycles. The van der Waals surface area contributed by atoms with E-state index in [-0.39, 0.29) is 11.9 Å². The normalized spacial score (nSPS) is 12.2. The average Bonchev–Trinajstić information content (AvgIpc) is 2.31. The van der Waals surface area contributed by atoms with Gasteiger partial charge in [-0.2, -0.15) is 0 Å². The minimum atomic E-state index is 0.0712. The number of amides is 1. The highest BCUT2D eigenvalue weighted by atomic mass is 16.1. The fraction of sp³-hybridized carbons (Fsp3) is 0.500. The van der Waals surface area contributed by atoms with Crippen molar-refractivity contribution in [2.75, 3.05) is 6.54 Å². The fourth-order valence-electron chi connectivity index (χ4n) is 1.61. The summed E-state index contributed by atoms with van der Waals surface area (Å²) in [6.45, 7) is 4.48. The number of carbonyl (C=O) groups excluding carboxylic acids is 1. The molecule has 0 bridgehead atoms. The van der Waals surface area contributed by atoms with Gasteiger partial charge in [-0.05, 0) is 32.3 Å². The molecule has 0 fully saturated rings. The summed E-state index contributed by atoms with van der Waals surface area (Å²) in [5.41, 5.74) is 7.99. The van der Waals surface area contributed by atoms with Crippen LogP contribution in [0.25, 0.3) is 0 Å². The molecule has 3 heteroatoms. The zero-order valence-electron chi connectivity index (χ0n) is 10.7. The summed E-state index contributed by atoms with van der Waals surface area (Å²) in [5, 5.41) is 2.86. The number of aryl methyl sites for hydroxylation is 2. The van der Waals surface area contributed by atoms with Crippen LogP contribution in [-0.4, -0.2) is 18.5 Å². The van der Waals surface area contributed by atoms with Crippen molar-refractivity contribution in [3.8, 4) is 0 Å². The lowest BCUT2D eigenvalue weighted by Crippen LogP contribution is -2.37. The maximum Gasteiger partial charge on any atom is 0.220 e. The van der Waals surface area contributed by atoms with E-state index in [4.69, 9.17) is 5.73 Å². The van der Waals surface area contributed by atoms with Crippen LogP contribution in [0.1, 0.15) is 30.9 Å². The van der Waals surface area contributed by atoms with Gasteiger partial charge in [0.15, 0.2) is 0 Å².